The Kier molecular flexibility index (Phi) is 7.09. The van der Waals surface area contributed by atoms with Gasteiger partial charge < -0.3 is 4.74 Å². The van der Waals surface area contributed by atoms with Crippen molar-refractivity contribution in [1.82, 2.24) is 0 Å². The number of nitrogens with zero attached hydrogens (tertiary/aromatic N) is 1. The first kappa shape index (κ1) is 19.1. The first-order valence-electron chi connectivity index (χ1n) is 8.61. The summed E-state index contributed by atoms with van der Waals surface area (Å²) in [4.78, 5) is 0. The lowest BCUT2D eigenvalue weighted by molar-refractivity contribution is -0.244. The van der Waals surface area contributed by atoms with Crippen LogP contribution in [0.1, 0.15) is 48.4 Å². The molecule has 132 valence electrons. The van der Waals surface area contributed by atoms with Crippen molar-refractivity contribution in [3.8, 4) is 6.07 Å². The number of benzene rings is 2. The molecule has 0 saturated carbocycles. The van der Waals surface area contributed by atoms with E-state index in [1.807, 2.05) is 30.3 Å². The smallest absolute Gasteiger partial charge is 0.315 e. The van der Waals surface area contributed by atoms with E-state index in [0.717, 1.165) is 18.4 Å². The molecule has 0 spiro atoms. The molecule has 2 aromatic carbocycles. The molecule has 0 aromatic heterocycles. The lowest BCUT2D eigenvalue weighted by atomic mass is 10.1. The van der Waals surface area contributed by atoms with Crippen molar-refractivity contribution in [2.45, 2.75) is 51.7 Å². The van der Waals surface area contributed by atoms with Crippen LogP contribution in [0, 0.1) is 11.3 Å². The number of alkyl halides is 2. The first-order chi connectivity index (χ1) is 12.0. The van der Waals surface area contributed by atoms with Crippen molar-refractivity contribution in [1.29, 1.82) is 5.26 Å². The highest BCUT2D eigenvalue weighted by atomic mass is 19.3. The van der Waals surface area contributed by atoms with E-state index in [-0.39, 0.29) is 6.61 Å². The third-order valence-corrected chi connectivity index (χ3v) is 4.03. The van der Waals surface area contributed by atoms with Gasteiger partial charge in [0.1, 0.15) is 0 Å². The van der Waals surface area contributed by atoms with Crippen LogP contribution in [0.25, 0.3) is 0 Å². The molecule has 0 atom stereocenters. The number of ether oxygens (including phenoxy) is 1. The van der Waals surface area contributed by atoms with Crippen LogP contribution < -0.4 is 0 Å². The fraction of sp³-hybridized carbons (Fsp3) is 0.381. The zero-order chi connectivity index (χ0) is 18.1. The Labute approximate surface area is 148 Å². The van der Waals surface area contributed by atoms with Gasteiger partial charge in [-0.3, -0.25) is 0 Å². The number of halogens is 2. The Bertz CT molecular complexity index is 687. The maximum atomic E-state index is 14.0. The quantitative estimate of drug-likeness (QED) is 0.552. The molecule has 25 heavy (non-hydrogen) atoms. The number of rotatable bonds is 9. The normalized spacial score (nSPS) is 11.3. The van der Waals surface area contributed by atoms with Crippen LogP contribution in [0.2, 0.25) is 0 Å². The summed E-state index contributed by atoms with van der Waals surface area (Å²) in [6, 6.07) is 15.7. The summed E-state index contributed by atoms with van der Waals surface area (Å²) in [5, 5.41) is 8.73. The highest BCUT2D eigenvalue weighted by Gasteiger charge is 2.30. The summed E-state index contributed by atoms with van der Waals surface area (Å²) in [7, 11) is 0. The van der Waals surface area contributed by atoms with Crippen LogP contribution in [0.15, 0.2) is 48.5 Å². The topological polar surface area (TPSA) is 33.0 Å². The molecule has 0 bridgehead atoms. The van der Waals surface area contributed by atoms with Gasteiger partial charge in [0.05, 0.1) is 24.7 Å². The second-order valence-electron chi connectivity index (χ2n) is 6.19. The van der Waals surface area contributed by atoms with E-state index < -0.39 is 12.5 Å². The minimum Gasteiger partial charge on any atom is -0.315 e. The number of aryl methyl sites for hydroxylation is 1. The molecule has 0 aliphatic rings. The molecule has 0 radical (unpaired) electrons. The summed E-state index contributed by atoms with van der Waals surface area (Å²) >= 11 is 0. The van der Waals surface area contributed by atoms with Gasteiger partial charge in [-0.25, -0.2) is 0 Å². The van der Waals surface area contributed by atoms with Crippen LogP contribution in [-0.4, -0.2) is 6.11 Å². The lowest BCUT2D eigenvalue weighted by Gasteiger charge is -2.17. The van der Waals surface area contributed by atoms with Crippen LogP contribution in [0.3, 0.4) is 0 Å². The first-order valence-corrected chi connectivity index (χ1v) is 8.61. The summed E-state index contributed by atoms with van der Waals surface area (Å²) in [5.41, 5.74) is 2.85. The molecule has 0 saturated heterocycles. The van der Waals surface area contributed by atoms with Gasteiger partial charge in [-0.15, -0.1) is 0 Å². The summed E-state index contributed by atoms with van der Waals surface area (Å²) in [6.45, 7) is 2.04. The Morgan fingerprint density at radius 2 is 1.52 bits per heavy atom. The van der Waals surface area contributed by atoms with E-state index in [2.05, 4.69) is 6.92 Å². The standard InChI is InChI=1S/C21H23F2NO/c1-2-3-4-5-17-6-12-20(13-7-17)16-25-21(22,23)14-18-8-10-19(15-24)11-9-18/h6-13H,2-5,14,16H2,1H3. The second-order valence-corrected chi connectivity index (χ2v) is 6.19. The van der Waals surface area contributed by atoms with Crippen molar-refractivity contribution in [2.24, 2.45) is 0 Å². The average Bonchev–Trinajstić information content (AvgIpc) is 2.62. The van der Waals surface area contributed by atoms with Crippen molar-refractivity contribution < 1.29 is 13.5 Å². The SMILES string of the molecule is CCCCCc1ccc(COC(F)(F)Cc2ccc(C#N)cc2)cc1. The number of nitriles is 1. The van der Waals surface area contributed by atoms with Gasteiger partial charge in [0.15, 0.2) is 0 Å². The number of hydrogen-bond acceptors (Lipinski definition) is 2. The minimum absolute atomic E-state index is 0.126. The van der Waals surface area contributed by atoms with Crippen molar-refractivity contribution in [2.75, 3.05) is 0 Å². The molecular weight excluding hydrogens is 320 g/mol. The number of unbranched alkanes of at least 4 members (excludes halogenated alkanes) is 2. The molecule has 2 rings (SSSR count). The monoisotopic (exact) mass is 343 g/mol. The number of hydrogen-bond donors (Lipinski definition) is 0. The average molecular weight is 343 g/mol. The van der Waals surface area contributed by atoms with Crippen LogP contribution in [0.5, 0.6) is 0 Å². The van der Waals surface area contributed by atoms with Crippen LogP contribution >= 0.6 is 0 Å². The van der Waals surface area contributed by atoms with Gasteiger partial charge in [0.2, 0.25) is 0 Å². The highest BCUT2D eigenvalue weighted by Crippen LogP contribution is 2.23. The molecule has 0 aliphatic carbocycles. The summed E-state index contributed by atoms with van der Waals surface area (Å²) in [6.07, 6.45) is 0.799. The largest absolute Gasteiger partial charge is 0.360 e. The van der Waals surface area contributed by atoms with E-state index in [0.29, 0.717) is 11.1 Å². The summed E-state index contributed by atoms with van der Waals surface area (Å²) < 4.78 is 32.8. The maximum absolute atomic E-state index is 14.0. The molecule has 0 fully saturated rings. The maximum Gasteiger partial charge on any atom is 0.360 e. The minimum atomic E-state index is -3.24. The van der Waals surface area contributed by atoms with Gasteiger partial charge >= 0.3 is 6.11 Å². The molecule has 0 heterocycles. The molecular formula is C21H23F2NO. The van der Waals surface area contributed by atoms with E-state index in [1.54, 1.807) is 0 Å². The van der Waals surface area contributed by atoms with E-state index in [9.17, 15) is 8.78 Å². The lowest BCUT2D eigenvalue weighted by Crippen LogP contribution is -2.23. The molecule has 0 N–H and O–H groups in total. The highest BCUT2D eigenvalue weighted by molar-refractivity contribution is 5.31. The molecule has 0 aliphatic heterocycles. The van der Waals surface area contributed by atoms with Crippen molar-refractivity contribution >= 4 is 0 Å². The zero-order valence-electron chi connectivity index (χ0n) is 14.5. The van der Waals surface area contributed by atoms with Crippen molar-refractivity contribution in [3.63, 3.8) is 0 Å². The molecule has 0 amide bonds. The molecule has 0 unspecified atom stereocenters. The van der Waals surface area contributed by atoms with Crippen molar-refractivity contribution in [3.05, 3.63) is 70.8 Å². The van der Waals surface area contributed by atoms with Gasteiger partial charge in [-0.2, -0.15) is 14.0 Å². The Balaban J connectivity index is 1.84. The van der Waals surface area contributed by atoms with E-state index in [1.165, 1.54) is 42.7 Å². The Hall–Kier alpha value is -2.25. The van der Waals surface area contributed by atoms with Gasteiger partial charge in [-0.1, -0.05) is 56.2 Å². The Morgan fingerprint density at radius 1 is 0.920 bits per heavy atom. The third kappa shape index (κ3) is 6.64. The van der Waals surface area contributed by atoms with Gasteiger partial charge in [-0.05, 0) is 41.7 Å². The van der Waals surface area contributed by atoms with E-state index >= 15 is 0 Å². The Morgan fingerprint density at radius 3 is 2.12 bits per heavy atom. The third-order valence-electron chi connectivity index (χ3n) is 4.03. The molecule has 2 nitrogen and oxygen atoms in total. The molecule has 2 aromatic rings. The predicted molar refractivity (Wildman–Crippen MR) is 94.3 cm³/mol. The second kappa shape index (κ2) is 9.29. The van der Waals surface area contributed by atoms with Crippen LogP contribution in [-0.2, 0) is 24.2 Å². The van der Waals surface area contributed by atoms with Gasteiger partial charge in [0, 0.05) is 0 Å². The van der Waals surface area contributed by atoms with E-state index in [4.69, 9.17) is 10.00 Å². The zero-order valence-corrected chi connectivity index (χ0v) is 14.5. The predicted octanol–water partition coefficient (Wildman–Crippen LogP) is 5.64. The molecule has 4 heteroatoms. The van der Waals surface area contributed by atoms with Gasteiger partial charge in [0.25, 0.3) is 0 Å². The fourth-order valence-electron chi connectivity index (χ4n) is 2.56. The fourth-order valence-corrected chi connectivity index (χ4v) is 2.56. The summed E-state index contributed by atoms with van der Waals surface area (Å²) in [5.74, 6) is 0. The van der Waals surface area contributed by atoms with Crippen LogP contribution in [0.4, 0.5) is 8.78 Å².